The molecular formula is C22H28N2O4S. The number of hydrogen-bond donors (Lipinski definition) is 0. The standard InChI is InChI=1S/C22H28N2O4S/c1-4-28-20-9-11-21(12-10-20)29(26,27)24-15-13-18(14-16-24)22(25)23(3)19-7-5-17(2)6-8-19/h5-12,18H,4,13-16H2,1-3H3. The highest BCUT2D eigenvalue weighted by Gasteiger charge is 2.33. The highest BCUT2D eigenvalue weighted by atomic mass is 32.2. The van der Waals surface area contributed by atoms with Gasteiger partial charge in [0.2, 0.25) is 15.9 Å². The predicted molar refractivity (Wildman–Crippen MR) is 114 cm³/mol. The molecule has 0 unspecified atom stereocenters. The monoisotopic (exact) mass is 416 g/mol. The van der Waals surface area contributed by atoms with Crippen molar-refractivity contribution in [3.05, 3.63) is 54.1 Å². The number of rotatable bonds is 6. The molecule has 156 valence electrons. The molecule has 0 N–H and O–H groups in total. The van der Waals surface area contributed by atoms with Crippen LogP contribution in [0.25, 0.3) is 0 Å². The Labute approximate surface area is 173 Å². The summed E-state index contributed by atoms with van der Waals surface area (Å²) < 4.78 is 32.7. The van der Waals surface area contributed by atoms with Crippen LogP contribution in [0.1, 0.15) is 25.3 Å². The molecule has 2 aromatic carbocycles. The lowest BCUT2D eigenvalue weighted by molar-refractivity contribution is -0.123. The molecule has 0 aliphatic carbocycles. The SMILES string of the molecule is CCOc1ccc(S(=O)(=O)N2CCC(C(=O)N(C)c3ccc(C)cc3)CC2)cc1. The van der Waals surface area contributed by atoms with Crippen LogP contribution >= 0.6 is 0 Å². The van der Waals surface area contributed by atoms with Gasteiger partial charge in [-0.05, 0) is 63.1 Å². The molecule has 1 aliphatic heterocycles. The molecule has 2 aromatic rings. The van der Waals surface area contributed by atoms with E-state index in [0.717, 1.165) is 11.3 Å². The molecule has 29 heavy (non-hydrogen) atoms. The van der Waals surface area contributed by atoms with Crippen molar-refractivity contribution < 1.29 is 17.9 Å². The molecule has 7 heteroatoms. The van der Waals surface area contributed by atoms with Crippen LogP contribution in [-0.2, 0) is 14.8 Å². The van der Waals surface area contributed by atoms with Gasteiger partial charge in [0.1, 0.15) is 5.75 Å². The van der Waals surface area contributed by atoms with Crippen LogP contribution in [0.3, 0.4) is 0 Å². The fourth-order valence-electron chi connectivity index (χ4n) is 3.54. The van der Waals surface area contributed by atoms with E-state index in [1.54, 1.807) is 36.2 Å². The summed E-state index contributed by atoms with van der Waals surface area (Å²) in [7, 11) is -1.79. The lowest BCUT2D eigenvalue weighted by atomic mass is 9.96. The summed E-state index contributed by atoms with van der Waals surface area (Å²) >= 11 is 0. The van der Waals surface area contributed by atoms with Crippen LogP contribution in [0.2, 0.25) is 0 Å². The molecule has 0 atom stereocenters. The summed E-state index contributed by atoms with van der Waals surface area (Å²) in [6.07, 6.45) is 1.04. The van der Waals surface area contributed by atoms with Gasteiger partial charge in [-0.3, -0.25) is 4.79 Å². The summed E-state index contributed by atoms with van der Waals surface area (Å²) in [5.41, 5.74) is 1.99. The number of piperidine rings is 1. The van der Waals surface area contributed by atoms with E-state index < -0.39 is 10.0 Å². The minimum absolute atomic E-state index is 0.0342. The number of ether oxygens (including phenoxy) is 1. The van der Waals surface area contributed by atoms with E-state index in [1.807, 2.05) is 38.1 Å². The van der Waals surface area contributed by atoms with Gasteiger partial charge in [0, 0.05) is 31.7 Å². The first-order chi connectivity index (χ1) is 13.8. The van der Waals surface area contributed by atoms with Crippen LogP contribution < -0.4 is 9.64 Å². The maximum atomic E-state index is 12.9. The van der Waals surface area contributed by atoms with Gasteiger partial charge < -0.3 is 9.64 Å². The van der Waals surface area contributed by atoms with E-state index >= 15 is 0 Å². The Bertz CT molecular complexity index is 932. The third-order valence-electron chi connectivity index (χ3n) is 5.33. The molecule has 1 aliphatic rings. The number of anilines is 1. The number of sulfonamides is 1. The minimum atomic E-state index is -3.57. The van der Waals surface area contributed by atoms with Gasteiger partial charge in [0.25, 0.3) is 0 Å². The Morgan fingerprint density at radius 2 is 1.66 bits per heavy atom. The number of hydrogen-bond acceptors (Lipinski definition) is 4. The number of aryl methyl sites for hydroxylation is 1. The van der Waals surface area contributed by atoms with Gasteiger partial charge in [0.05, 0.1) is 11.5 Å². The van der Waals surface area contributed by atoms with Crippen molar-refractivity contribution in [3.63, 3.8) is 0 Å². The third-order valence-corrected chi connectivity index (χ3v) is 7.24. The smallest absolute Gasteiger partial charge is 0.243 e. The molecule has 3 rings (SSSR count). The second-order valence-corrected chi connectivity index (χ2v) is 9.25. The molecule has 0 spiro atoms. The highest BCUT2D eigenvalue weighted by molar-refractivity contribution is 7.89. The van der Waals surface area contributed by atoms with Gasteiger partial charge in [0.15, 0.2) is 0 Å². The fraction of sp³-hybridized carbons (Fsp3) is 0.409. The highest BCUT2D eigenvalue weighted by Crippen LogP contribution is 2.27. The quantitative estimate of drug-likeness (QED) is 0.723. The molecule has 6 nitrogen and oxygen atoms in total. The Hall–Kier alpha value is -2.38. The zero-order chi connectivity index (χ0) is 21.0. The van der Waals surface area contributed by atoms with Gasteiger partial charge >= 0.3 is 0 Å². The number of carbonyl (C=O) groups excluding carboxylic acids is 1. The van der Waals surface area contributed by atoms with Gasteiger partial charge in [-0.2, -0.15) is 4.31 Å². The number of nitrogens with zero attached hydrogens (tertiary/aromatic N) is 2. The predicted octanol–water partition coefficient (Wildman–Crippen LogP) is 3.46. The van der Waals surface area contributed by atoms with E-state index in [0.29, 0.717) is 38.3 Å². The van der Waals surface area contributed by atoms with Crippen molar-refractivity contribution >= 4 is 21.6 Å². The second-order valence-electron chi connectivity index (χ2n) is 7.32. The van der Waals surface area contributed by atoms with Crippen LogP contribution in [0, 0.1) is 12.8 Å². The van der Waals surface area contributed by atoms with Crippen molar-refractivity contribution in [2.45, 2.75) is 31.6 Å². The van der Waals surface area contributed by atoms with Crippen molar-refractivity contribution in [1.82, 2.24) is 4.31 Å². The Morgan fingerprint density at radius 1 is 1.07 bits per heavy atom. The van der Waals surface area contributed by atoms with Crippen LogP contribution in [-0.4, -0.2) is 45.4 Å². The largest absolute Gasteiger partial charge is 0.494 e. The maximum absolute atomic E-state index is 12.9. The Morgan fingerprint density at radius 3 is 2.21 bits per heavy atom. The average Bonchev–Trinajstić information content (AvgIpc) is 2.74. The first-order valence-electron chi connectivity index (χ1n) is 9.90. The molecule has 0 aromatic heterocycles. The summed E-state index contributed by atoms with van der Waals surface area (Å²) in [6.45, 7) is 5.10. The second kappa shape index (κ2) is 8.97. The first kappa shape index (κ1) is 21.3. The summed E-state index contributed by atoms with van der Waals surface area (Å²) in [5, 5.41) is 0. The van der Waals surface area contributed by atoms with Crippen molar-refractivity contribution in [2.75, 3.05) is 31.6 Å². The normalized spacial score (nSPS) is 15.8. The number of carbonyl (C=O) groups is 1. The Kier molecular flexibility index (Phi) is 6.59. The third kappa shape index (κ3) is 4.79. The fourth-order valence-corrected chi connectivity index (χ4v) is 5.01. The van der Waals surface area contributed by atoms with E-state index in [1.165, 1.54) is 4.31 Å². The van der Waals surface area contributed by atoms with Crippen LogP contribution in [0.5, 0.6) is 5.75 Å². The molecule has 1 amide bonds. The maximum Gasteiger partial charge on any atom is 0.243 e. The summed E-state index contributed by atoms with van der Waals surface area (Å²) in [6, 6.07) is 14.3. The lowest BCUT2D eigenvalue weighted by Gasteiger charge is -2.32. The van der Waals surface area contributed by atoms with Crippen LogP contribution in [0.15, 0.2) is 53.4 Å². The van der Waals surface area contributed by atoms with Gasteiger partial charge in [-0.25, -0.2) is 8.42 Å². The molecule has 0 bridgehead atoms. The van der Waals surface area contributed by atoms with E-state index in [-0.39, 0.29) is 16.7 Å². The summed E-state index contributed by atoms with van der Waals surface area (Å²) in [5.74, 6) is 0.509. The van der Waals surface area contributed by atoms with E-state index in [2.05, 4.69) is 0 Å². The molecule has 1 heterocycles. The number of amides is 1. The van der Waals surface area contributed by atoms with Crippen LogP contribution in [0.4, 0.5) is 5.69 Å². The van der Waals surface area contributed by atoms with Crippen molar-refractivity contribution in [1.29, 1.82) is 0 Å². The van der Waals surface area contributed by atoms with E-state index in [4.69, 9.17) is 4.74 Å². The lowest BCUT2D eigenvalue weighted by Crippen LogP contribution is -2.43. The summed E-state index contributed by atoms with van der Waals surface area (Å²) in [4.78, 5) is 14.8. The van der Waals surface area contributed by atoms with E-state index in [9.17, 15) is 13.2 Å². The molecule has 1 fully saturated rings. The molecular weight excluding hydrogens is 388 g/mol. The minimum Gasteiger partial charge on any atom is -0.494 e. The Balaban J connectivity index is 1.63. The topological polar surface area (TPSA) is 66.9 Å². The van der Waals surface area contributed by atoms with Gasteiger partial charge in [-0.15, -0.1) is 0 Å². The van der Waals surface area contributed by atoms with Gasteiger partial charge in [-0.1, -0.05) is 17.7 Å². The first-order valence-corrected chi connectivity index (χ1v) is 11.3. The average molecular weight is 417 g/mol. The zero-order valence-corrected chi connectivity index (χ0v) is 18.0. The van der Waals surface area contributed by atoms with Crippen molar-refractivity contribution in [2.24, 2.45) is 5.92 Å². The zero-order valence-electron chi connectivity index (χ0n) is 17.2. The van der Waals surface area contributed by atoms with Crippen molar-refractivity contribution in [3.8, 4) is 5.75 Å². The molecule has 0 radical (unpaired) electrons. The molecule has 1 saturated heterocycles. The molecule has 0 saturated carbocycles. The number of benzene rings is 2.